The van der Waals surface area contributed by atoms with E-state index in [1.807, 2.05) is 13.8 Å². The van der Waals surface area contributed by atoms with Crippen molar-refractivity contribution in [2.24, 2.45) is 5.92 Å². The Bertz CT molecular complexity index is 423. The molecule has 106 valence electrons. The van der Waals surface area contributed by atoms with E-state index in [1.54, 1.807) is 18.2 Å². The number of nitrogens with one attached hydrogen (secondary N) is 1. The molecule has 4 nitrogen and oxygen atoms in total. The SMILES string of the molecule is Cc1c(Cl)cccc1OCC(=O)NCC(C)CCO. The summed E-state index contributed by atoms with van der Waals surface area (Å²) in [6.07, 6.45) is 0.675. The van der Waals surface area contributed by atoms with Gasteiger partial charge < -0.3 is 15.2 Å². The Morgan fingerprint density at radius 2 is 2.26 bits per heavy atom. The molecular formula is C14H20ClNO3. The third-order valence-corrected chi connectivity index (χ3v) is 3.26. The fourth-order valence-corrected chi connectivity index (χ4v) is 1.71. The number of carbonyl (C=O) groups is 1. The molecule has 1 amide bonds. The van der Waals surface area contributed by atoms with Crippen molar-refractivity contribution in [3.05, 3.63) is 28.8 Å². The Kier molecular flexibility index (Phi) is 6.67. The summed E-state index contributed by atoms with van der Waals surface area (Å²) in [7, 11) is 0. The van der Waals surface area contributed by atoms with E-state index in [2.05, 4.69) is 5.32 Å². The van der Waals surface area contributed by atoms with Crippen molar-refractivity contribution in [3.8, 4) is 5.75 Å². The van der Waals surface area contributed by atoms with Gasteiger partial charge in [0.15, 0.2) is 6.61 Å². The number of ether oxygens (including phenoxy) is 1. The molecule has 1 aromatic carbocycles. The molecule has 0 aliphatic rings. The molecule has 1 unspecified atom stereocenters. The van der Waals surface area contributed by atoms with Crippen LogP contribution in [0.1, 0.15) is 18.9 Å². The molecule has 0 saturated heterocycles. The topological polar surface area (TPSA) is 58.6 Å². The van der Waals surface area contributed by atoms with Gasteiger partial charge in [-0.1, -0.05) is 24.6 Å². The van der Waals surface area contributed by atoms with Crippen molar-refractivity contribution in [2.75, 3.05) is 19.8 Å². The van der Waals surface area contributed by atoms with Crippen molar-refractivity contribution in [3.63, 3.8) is 0 Å². The molecule has 0 aliphatic heterocycles. The molecule has 0 heterocycles. The van der Waals surface area contributed by atoms with E-state index < -0.39 is 0 Å². The fraction of sp³-hybridized carbons (Fsp3) is 0.500. The summed E-state index contributed by atoms with van der Waals surface area (Å²) in [6.45, 7) is 4.46. The molecular weight excluding hydrogens is 266 g/mol. The van der Waals surface area contributed by atoms with Gasteiger partial charge in [-0.2, -0.15) is 0 Å². The van der Waals surface area contributed by atoms with Crippen LogP contribution in [0.25, 0.3) is 0 Å². The first-order chi connectivity index (χ1) is 9.04. The molecule has 1 atom stereocenters. The molecule has 2 N–H and O–H groups in total. The van der Waals surface area contributed by atoms with Crippen LogP contribution in [0, 0.1) is 12.8 Å². The minimum atomic E-state index is -0.177. The number of amides is 1. The molecule has 0 aromatic heterocycles. The Morgan fingerprint density at radius 3 is 2.95 bits per heavy atom. The second kappa shape index (κ2) is 8.02. The van der Waals surface area contributed by atoms with Crippen molar-refractivity contribution in [1.82, 2.24) is 5.32 Å². The number of aliphatic hydroxyl groups is 1. The van der Waals surface area contributed by atoms with Crippen LogP contribution in [0.15, 0.2) is 18.2 Å². The summed E-state index contributed by atoms with van der Waals surface area (Å²) in [5.41, 5.74) is 0.825. The molecule has 0 bridgehead atoms. The standard InChI is InChI=1S/C14H20ClNO3/c1-10(6-7-17)8-16-14(18)9-19-13-5-3-4-12(15)11(13)2/h3-5,10,17H,6-9H2,1-2H3,(H,16,18). The van der Waals surface area contributed by atoms with Crippen LogP contribution >= 0.6 is 11.6 Å². The van der Waals surface area contributed by atoms with Gasteiger partial charge in [0.1, 0.15) is 5.75 Å². The van der Waals surface area contributed by atoms with Crippen molar-refractivity contribution >= 4 is 17.5 Å². The molecule has 0 aliphatic carbocycles. The summed E-state index contributed by atoms with van der Waals surface area (Å²) in [5, 5.41) is 12.1. The van der Waals surface area contributed by atoms with Gasteiger partial charge in [0.05, 0.1) is 0 Å². The molecule has 1 aromatic rings. The zero-order valence-corrected chi connectivity index (χ0v) is 12.0. The van der Waals surface area contributed by atoms with Gasteiger partial charge in [0, 0.05) is 23.7 Å². The van der Waals surface area contributed by atoms with E-state index in [1.165, 1.54) is 0 Å². The highest BCUT2D eigenvalue weighted by Crippen LogP contribution is 2.24. The highest BCUT2D eigenvalue weighted by atomic mass is 35.5. The predicted molar refractivity (Wildman–Crippen MR) is 75.6 cm³/mol. The smallest absolute Gasteiger partial charge is 0.257 e. The van der Waals surface area contributed by atoms with Crippen LogP contribution in [0.3, 0.4) is 0 Å². The molecule has 0 radical (unpaired) electrons. The molecule has 5 heteroatoms. The van der Waals surface area contributed by atoms with E-state index in [0.29, 0.717) is 23.7 Å². The minimum Gasteiger partial charge on any atom is -0.483 e. The van der Waals surface area contributed by atoms with Crippen LogP contribution in [0.4, 0.5) is 0 Å². The maximum Gasteiger partial charge on any atom is 0.257 e. The van der Waals surface area contributed by atoms with Crippen LogP contribution in [-0.4, -0.2) is 30.8 Å². The van der Waals surface area contributed by atoms with Gasteiger partial charge in [0.2, 0.25) is 0 Å². The first-order valence-electron chi connectivity index (χ1n) is 6.30. The van der Waals surface area contributed by atoms with Gasteiger partial charge in [-0.05, 0) is 31.4 Å². The molecule has 19 heavy (non-hydrogen) atoms. The Hall–Kier alpha value is -1.26. The largest absolute Gasteiger partial charge is 0.483 e. The molecule has 0 fully saturated rings. The third-order valence-electron chi connectivity index (χ3n) is 2.85. The number of halogens is 1. The Morgan fingerprint density at radius 1 is 1.53 bits per heavy atom. The van der Waals surface area contributed by atoms with Crippen molar-refractivity contribution < 1.29 is 14.6 Å². The lowest BCUT2D eigenvalue weighted by molar-refractivity contribution is -0.123. The van der Waals surface area contributed by atoms with Crippen molar-refractivity contribution in [2.45, 2.75) is 20.3 Å². The normalized spacial score (nSPS) is 12.0. The van der Waals surface area contributed by atoms with Crippen LogP contribution in [-0.2, 0) is 4.79 Å². The van der Waals surface area contributed by atoms with Crippen LogP contribution in [0.5, 0.6) is 5.75 Å². The number of rotatable bonds is 7. The summed E-state index contributed by atoms with van der Waals surface area (Å²) < 4.78 is 5.43. The second-order valence-corrected chi connectivity index (χ2v) is 4.98. The van der Waals surface area contributed by atoms with Gasteiger partial charge in [-0.3, -0.25) is 4.79 Å². The zero-order valence-electron chi connectivity index (χ0n) is 11.3. The maximum atomic E-state index is 11.6. The van der Waals surface area contributed by atoms with E-state index in [9.17, 15) is 4.79 Å². The predicted octanol–water partition coefficient (Wildman–Crippen LogP) is 2.16. The van der Waals surface area contributed by atoms with Gasteiger partial charge in [0.25, 0.3) is 5.91 Å². The average Bonchev–Trinajstić information content (AvgIpc) is 2.38. The maximum absolute atomic E-state index is 11.6. The van der Waals surface area contributed by atoms with Crippen LogP contribution < -0.4 is 10.1 Å². The number of hydrogen-bond donors (Lipinski definition) is 2. The quantitative estimate of drug-likeness (QED) is 0.807. The number of hydrogen-bond acceptors (Lipinski definition) is 3. The van der Waals surface area contributed by atoms with Gasteiger partial charge in [-0.25, -0.2) is 0 Å². The third kappa shape index (κ3) is 5.49. The highest BCUT2D eigenvalue weighted by Gasteiger charge is 2.08. The van der Waals surface area contributed by atoms with E-state index in [-0.39, 0.29) is 25.0 Å². The monoisotopic (exact) mass is 285 g/mol. The highest BCUT2D eigenvalue weighted by molar-refractivity contribution is 6.31. The van der Waals surface area contributed by atoms with E-state index >= 15 is 0 Å². The molecule has 0 saturated carbocycles. The Balaban J connectivity index is 2.36. The number of benzene rings is 1. The lowest BCUT2D eigenvalue weighted by Crippen LogP contribution is -2.32. The minimum absolute atomic E-state index is 0.0347. The van der Waals surface area contributed by atoms with Gasteiger partial charge >= 0.3 is 0 Å². The van der Waals surface area contributed by atoms with E-state index in [0.717, 1.165) is 5.56 Å². The van der Waals surface area contributed by atoms with Crippen molar-refractivity contribution in [1.29, 1.82) is 0 Å². The summed E-state index contributed by atoms with van der Waals surface area (Å²) >= 11 is 5.96. The lowest BCUT2D eigenvalue weighted by atomic mass is 10.1. The average molecular weight is 286 g/mol. The van der Waals surface area contributed by atoms with Gasteiger partial charge in [-0.15, -0.1) is 0 Å². The zero-order chi connectivity index (χ0) is 14.3. The first-order valence-corrected chi connectivity index (χ1v) is 6.68. The first kappa shape index (κ1) is 15.8. The lowest BCUT2D eigenvalue weighted by Gasteiger charge is -2.13. The second-order valence-electron chi connectivity index (χ2n) is 4.57. The Labute approximate surface area is 118 Å². The van der Waals surface area contributed by atoms with Crippen LogP contribution in [0.2, 0.25) is 5.02 Å². The molecule has 1 rings (SSSR count). The number of aliphatic hydroxyl groups excluding tert-OH is 1. The number of carbonyl (C=O) groups excluding carboxylic acids is 1. The fourth-order valence-electron chi connectivity index (χ4n) is 1.55. The summed E-state index contributed by atoms with van der Waals surface area (Å²) in [4.78, 5) is 11.6. The summed E-state index contributed by atoms with van der Waals surface area (Å²) in [5.74, 6) is 0.692. The summed E-state index contributed by atoms with van der Waals surface area (Å²) in [6, 6.07) is 5.34. The molecule has 0 spiro atoms. The van der Waals surface area contributed by atoms with E-state index in [4.69, 9.17) is 21.4 Å².